The van der Waals surface area contributed by atoms with Crippen molar-refractivity contribution in [2.24, 2.45) is 23.5 Å². The molecule has 0 aromatic rings. The Balaban J connectivity index is -0.0000353. The van der Waals surface area contributed by atoms with E-state index in [-0.39, 0.29) is 144 Å². The number of nitrogens with one attached hydrogen (secondary N) is 4. The fraction of sp³-hybridized carbons (Fsp3) is 0.797. The van der Waals surface area contributed by atoms with E-state index < -0.39 is 102 Å². The van der Waals surface area contributed by atoms with Crippen molar-refractivity contribution in [3.63, 3.8) is 0 Å². The molecule has 0 saturated heterocycles. The predicted molar refractivity (Wildman–Crippen MR) is 314 cm³/mol. The number of Topliss-reactive ketones (excluding diaryl/α,β-unsaturated/α-hetero) is 3. The molecule has 0 aliphatic heterocycles. The number of ether oxygens (including phenoxy) is 4. The quantitative estimate of drug-likeness (QED) is 0.0364. The number of aliphatic hydroxyl groups is 1. The van der Waals surface area contributed by atoms with Gasteiger partial charge in [-0.2, -0.15) is 0 Å². The fourth-order valence-corrected chi connectivity index (χ4v) is 8.84. The lowest BCUT2D eigenvalue weighted by Crippen LogP contribution is -2.43. The number of hydrogen-bond donors (Lipinski definition) is 10. The monoisotopic (exact) mass is 1220 g/mol. The molecular weight excluding hydrogens is 1110 g/mol. The maximum absolute atomic E-state index is 12.7. The minimum Gasteiger partial charge on any atom is -0.481 e. The number of ketones is 3. The van der Waals surface area contributed by atoms with Gasteiger partial charge in [-0.3, -0.25) is 47.9 Å². The van der Waals surface area contributed by atoms with Crippen molar-refractivity contribution < 1.29 is 105 Å². The Kier molecular flexibility index (Phi) is 47.7. The van der Waals surface area contributed by atoms with Crippen LogP contribution in [0.2, 0.25) is 0 Å². The molecule has 26 nitrogen and oxygen atoms in total. The summed E-state index contributed by atoms with van der Waals surface area (Å²) in [5.74, 6) is -10.7. The zero-order chi connectivity index (χ0) is 63.6. The number of carboxylic acids is 4. The van der Waals surface area contributed by atoms with Crippen LogP contribution in [0, 0.1) is 17.8 Å². The number of aliphatic carboxylic acids is 4. The third kappa shape index (κ3) is 46.9. The average molecular weight is 1220 g/mol. The lowest BCUT2D eigenvalue weighted by molar-refractivity contribution is -0.145. The summed E-state index contributed by atoms with van der Waals surface area (Å²) in [4.78, 5) is 144. The van der Waals surface area contributed by atoms with Crippen LogP contribution >= 0.6 is 0 Å². The Hall–Kier alpha value is -5.96. The molecule has 492 valence electrons. The van der Waals surface area contributed by atoms with Crippen molar-refractivity contribution in [2.45, 2.75) is 218 Å². The number of carbonyl (C=O) groups excluding carboxylic acids is 8. The summed E-state index contributed by atoms with van der Waals surface area (Å²) in [6.45, 7) is 3.60. The van der Waals surface area contributed by atoms with Crippen LogP contribution in [0.25, 0.3) is 0 Å². The zero-order valence-corrected chi connectivity index (χ0v) is 50.4. The molecule has 26 heteroatoms. The molecule has 0 fully saturated rings. The number of amides is 5. The van der Waals surface area contributed by atoms with Crippen LogP contribution in [-0.2, 0) is 76.5 Å². The maximum atomic E-state index is 12.7. The summed E-state index contributed by atoms with van der Waals surface area (Å²) >= 11 is 0. The molecule has 0 bridgehead atoms. The topological polar surface area (TPSA) is 417 Å². The summed E-state index contributed by atoms with van der Waals surface area (Å²) in [6.07, 6.45) is 14.4. The molecule has 5 amide bonds. The second-order valence-corrected chi connectivity index (χ2v) is 21.6. The smallest absolute Gasteiger partial charge is 0.326 e. The molecule has 0 spiro atoms. The van der Waals surface area contributed by atoms with Gasteiger partial charge in [0.05, 0.1) is 51.0 Å². The van der Waals surface area contributed by atoms with E-state index in [1.54, 1.807) is 6.92 Å². The van der Waals surface area contributed by atoms with E-state index in [1.165, 1.54) is 32.6 Å². The normalized spacial score (nSPS) is 13.3. The highest BCUT2D eigenvalue weighted by atomic mass is 16.5. The summed E-state index contributed by atoms with van der Waals surface area (Å²) in [6, 6.07) is -2.62. The molecule has 85 heavy (non-hydrogen) atoms. The van der Waals surface area contributed by atoms with Gasteiger partial charge in [0.1, 0.15) is 36.9 Å². The first-order valence-electron chi connectivity index (χ1n) is 30.4. The number of unbranched alkanes of at least 4 members (excludes halogenated alkanes) is 14. The van der Waals surface area contributed by atoms with E-state index in [4.69, 9.17) is 29.8 Å². The van der Waals surface area contributed by atoms with E-state index in [1.807, 2.05) is 0 Å². The fourth-order valence-electron chi connectivity index (χ4n) is 8.84. The number of primary amides is 1. The van der Waals surface area contributed by atoms with E-state index >= 15 is 0 Å². The Morgan fingerprint density at radius 3 is 1.44 bits per heavy atom. The maximum Gasteiger partial charge on any atom is 0.326 e. The average Bonchev–Trinajstić information content (AvgIpc) is 3.59. The Labute approximate surface area is 503 Å². The predicted octanol–water partition coefficient (Wildman–Crippen LogP) is 4.84. The van der Waals surface area contributed by atoms with Gasteiger partial charge in [-0.25, -0.2) is 9.59 Å². The van der Waals surface area contributed by atoms with Crippen LogP contribution in [0.5, 0.6) is 0 Å². The largest absolute Gasteiger partial charge is 0.481 e. The number of nitrogens with two attached hydrogens (primary N) is 1. The van der Waals surface area contributed by atoms with E-state index in [0.29, 0.717) is 32.1 Å². The number of aliphatic hydroxyl groups excluding tert-OH is 1. The molecular formula is C59H105N5O21. The standard InChI is InChI=1S/C59H101N5O21.2H2/c1-42(50(68)39-47(43(2)65)56(60)75)20-17-18-30-61-52(70)29-27-49(59(80)81)64-54(72)41-85-37-34-82-32-19-21-46(67)40-84-36-35-83-33-31-62-51(69)28-24-44(57(76)77)38-45(66)25-26-48(58(78)79)63-53(71)22-15-13-11-9-7-5-3-4-6-8-10-12-14-16-23-55(73)74;;/h42-44,47-49,65H,3-41H2,1-2H3,(H2,60,75)(H,61,70)(H,62,69)(H,63,71)(H,64,72)(H,73,74)(H,76,77)(H,78,79)(H,80,81);2*1H/t42-,43+,44+,47-,48-,49-;;/m0../s1. The summed E-state index contributed by atoms with van der Waals surface area (Å²) < 4.78 is 21.4. The number of carboxylic acid groups (broad SMARTS) is 4. The molecule has 11 N–H and O–H groups in total. The van der Waals surface area contributed by atoms with Crippen molar-refractivity contribution >= 4 is 70.8 Å². The minimum absolute atomic E-state index is 0. The highest BCUT2D eigenvalue weighted by Gasteiger charge is 2.28. The van der Waals surface area contributed by atoms with Gasteiger partial charge in [0.25, 0.3) is 0 Å². The summed E-state index contributed by atoms with van der Waals surface area (Å²) in [7, 11) is 0. The van der Waals surface area contributed by atoms with Gasteiger partial charge in [0.2, 0.25) is 29.5 Å². The second kappa shape index (κ2) is 51.3. The van der Waals surface area contributed by atoms with Gasteiger partial charge in [0.15, 0.2) is 5.78 Å². The number of hydrogen-bond acceptors (Lipinski definition) is 17. The van der Waals surface area contributed by atoms with Crippen LogP contribution in [0.1, 0.15) is 203 Å². The van der Waals surface area contributed by atoms with Crippen molar-refractivity contribution in [3.05, 3.63) is 0 Å². The lowest BCUT2D eigenvalue weighted by Gasteiger charge is -2.18. The van der Waals surface area contributed by atoms with Crippen molar-refractivity contribution in [2.75, 3.05) is 65.9 Å². The number of carbonyl (C=O) groups is 12. The van der Waals surface area contributed by atoms with Crippen LogP contribution in [0.3, 0.4) is 0 Å². The first kappa shape index (κ1) is 79.0. The molecule has 0 heterocycles. The number of rotatable bonds is 60. The van der Waals surface area contributed by atoms with Crippen molar-refractivity contribution in [3.8, 4) is 0 Å². The molecule has 0 rings (SSSR count). The minimum atomic E-state index is -1.33. The highest BCUT2D eigenvalue weighted by Crippen LogP contribution is 2.19. The molecule has 0 aromatic heterocycles. The van der Waals surface area contributed by atoms with E-state index in [0.717, 1.165) is 57.8 Å². The molecule has 0 aliphatic carbocycles. The molecule has 0 radical (unpaired) electrons. The molecule has 0 saturated carbocycles. The Bertz CT molecular complexity index is 2000. The highest BCUT2D eigenvalue weighted by molar-refractivity contribution is 5.88. The van der Waals surface area contributed by atoms with Gasteiger partial charge >= 0.3 is 23.9 Å². The summed E-state index contributed by atoms with van der Waals surface area (Å²) in [5, 5.41) is 57.2. The molecule has 6 atom stereocenters. The first-order valence-corrected chi connectivity index (χ1v) is 30.4. The van der Waals surface area contributed by atoms with Crippen LogP contribution in [0.4, 0.5) is 0 Å². The molecule has 0 unspecified atom stereocenters. The van der Waals surface area contributed by atoms with Crippen molar-refractivity contribution in [1.82, 2.24) is 21.3 Å². The molecule has 0 aliphatic rings. The summed E-state index contributed by atoms with van der Waals surface area (Å²) in [5.41, 5.74) is 5.26. The van der Waals surface area contributed by atoms with Crippen molar-refractivity contribution in [1.29, 1.82) is 0 Å². The Morgan fingerprint density at radius 2 is 0.906 bits per heavy atom. The first-order chi connectivity index (χ1) is 40.5. The Morgan fingerprint density at radius 1 is 0.424 bits per heavy atom. The third-order valence-corrected chi connectivity index (χ3v) is 14.1. The van der Waals surface area contributed by atoms with E-state index in [2.05, 4.69) is 21.3 Å². The zero-order valence-electron chi connectivity index (χ0n) is 50.4. The van der Waals surface area contributed by atoms with Gasteiger partial charge in [-0.15, -0.1) is 0 Å². The van der Waals surface area contributed by atoms with Gasteiger partial charge < -0.3 is 71.5 Å². The van der Waals surface area contributed by atoms with E-state index in [9.17, 15) is 78.0 Å². The second-order valence-electron chi connectivity index (χ2n) is 21.6. The van der Waals surface area contributed by atoms with Gasteiger partial charge in [-0.05, 0) is 58.3 Å². The van der Waals surface area contributed by atoms with Crippen LogP contribution in [0.15, 0.2) is 0 Å². The molecule has 0 aromatic carbocycles. The van der Waals surface area contributed by atoms with Crippen LogP contribution in [-0.4, -0.2) is 180 Å². The van der Waals surface area contributed by atoms with Gasteiger partial charge in [0, 0.05) is 79.8 Å². The lowest BCUT2D eigenvalue weighted by atomic mass is 9.89. The van der Waals surface area contributed by atoms with Crippen LogP contribution < -0.4 is 27.0 Å². The van der Waals surface area contributed by atoms with Gasteiger partial charge in [-0.1, -0.05) is 90.4 Å². The SMILES string of the molecule is C[C@@H](CCCCNC(=O)CC[C@H](NC(=O)COCCOCCCC(=O)COCCOCCNC(=O)CC[C@H](CC(=O)CC[C@H](NC(=O)CCCCCCCCCCCCCCCCC(=O)O)C(=O)O)C(=O)O)C(=O)O)C(=O)C[C@H](C(N)=O)[C@@H](C)O.[HH].[HH]. The third-order valence-electron chi connectivity index (χ3n) is 14.1.